The van der Waals surface area contributed by atoms with Crippen LogP contribution >= 0.6 is 0 Å². The Morgan fingerprint density at radius 2 is 2.05 bits per heavy atom. The Morgan fingerprint density at radius 3 is 2.65 bits per heavy atom. The summed E-state index contributed by atoms with van der Waals surface area (Å²) in [6.45, 7) is 3.33. The van der Waals surface area contributed by atoms with Gasteiger partial charge in [-0.05, 0) is 25.8 Å². The van der Waals surface area contributed by atoms with Crippen molar-refractivity contribution >= 4 is 15.7 Å². The second kappa shape index (κ2) is 6.41. The molecule has 0 aromatic carbocycles. The first-order valence-corrected chi connectivity index (χ1v) is 9.15. The van der Waals surface area contributed by atoms with Crippen LogP contribution in [0.5, 0.6) is 0 Å². The Bertz CT molecular complexity index is 447. The highest BCUT2D eigenvalue weighted by atomic mass is 32.2. The molecule has 0 aromatic heterocycles. The molecule has 20 heavy (non-hydrogen) atoms. The predicted octanol–water partition coefficient (Wildman–Crippen LogP) is -0.400. The van der Waals surface area contributed by atoms with Crippen molar-refractivity contribution < 1.29 is 17.9 Å². The molecule has 1 heterocycles. The van der Waals surface area contributed by atoms with Gasteiger partial charge >= 0.3 is 0 Å². The Balaban J connectivity index is 1.79. The number of morpholine rings is 1. The summed E-state index contributed by atoms with van der Waals surface area (Å²) in [5, 5.41) is 0. The first kappa shape index (κ1) is 15.7. The zero-order chi connectivity index (χ0) is 14.8. The standard InChI is InChI=1S/C13H24N2O4S/c1-14(7-11-3-4-11)8-12-9-15(5-6-19-12)13(16)10-20(2,17)18/h11-12H,3-10H2,1-2H3. The van der Waals surface area contributed by atoms with Gasteiger partial charge in [-0.25, -0.2) is 8.42 Å². The molecule has 1 saturated heterocycles. The van der Waals surface area contributed by atoms with Crippen molar-refractivity contribution in [2.75, 3.05) is 51.8 Å². The van der Waals surface area contributed by atoms with Crippen LogP contribution in [0.1, 0.15) is 12.8 Å². The fourth-order valence-corrected chi connectivity index (χ4v) is 3.17. The molecular formula is C13H24N2O4S. The lowest BCUT2D eigenvalue weighted by atomic mass is 10.2. The summed E-state index contributed by atoms with van der Waals surface area (Å²) < 4.78 is 28.0. The van der Waals surface area contributed by atoms with E-state index in [1.807, 2.05) is 0 Å². The Hall–Kier alpha value is -0.660. The summed E-state index contributed by atoms with van der Waals surface area (Å²) in [4.78, 5) is 15.8. The van der Waals surface area contributed by atoms with E-state index in [0.29, 0.717) is 19.7 Å². The van der Waals surface area contributed by atoms with Crippen LogP contribution in [0.4, 0.5) is 0 Å². The average Bonchev–Trinajstić information content (AvgIpc) is 3.10. The molecule has 0 N–H and O–H groups in total. The third kappa shape index (κ3) is 5.38. The van der Waals surface area contributed by atoms with Gasteiger partial charge in [-0.3, -0.25) is 4.79 Å². The maximum absolute atomic E-state index is 11.9. The second-order valence-electron chi connectivity index (χ2n) is 6.07. The lowest BCUT2D eigenvalue weighted by Crippen LogP contribution is -2.50. The fourth-order valence-electron chi connectivity index (χ4n) is 2.54. The average molecular weight is 304 g/mol. The molecule has 116 valence electrons. The largest absolute Gasteiger partial charge is 0.373 e. The number of rotatable bonds is 6. The molecule has 2 rings (SSSR count). The fraction of sp³-hybridized carbons (Fsp3) is 0.923. The van der Waals surface area contributed by atoms with Gasteiger partial charge in [-0.15, -0.1) is 0 Å². The Labute approximate surface area is 121 Å². The molecule has 7 heteroatoms. The number of hydrogen-bond acceptors (Lipinski definition) is 5. The van der Waals surface area contributed by atoms with Gasteiger partial charge in [0.05, 0.1) is 12.7 Å². The highest BCUT2D eigenvalue weighted by Crippen LogP contribution is 2.29. The summed E-state index contributed by atoms with van der Waals surface area (Å²) in [6, 6.07) is 0. The molecular weight excluding hydrogens is 280 g/mol. The van der Waals surface area contributed by atoms with E-state index >= 15 is 0 Å². The van der Waals surface area contributed by atoms with Crippen LogP contribution in [-0.2, 0) is 19.4 Å². The van der Waals surface area contributed by atoms with Crippen LogP contribution in [0.2, 0.25) is 0 Å². The topological polar surface area (TPSA) is 66.9 Å². The summed E-state index contributed by atoms with van der Waals surface area (Å²) in [5.74, 6) is 0.106. The molecule has 1 aliphatic carbocycles. The number of carbonyl (C=O) groups excluding carboxylic acids is 1. The van der Waals surface area contributed by atoms with Crippen molar-refractivity contribution in [2.24, 2.45) is 5.92 Å². The van der Waals surface area contributed by atoms with E-state index in [1.54, 1.807) is 4.90 Å². The molecule has 1 saturated carbocycles. The zero-order valence-corrected chi connectivity index (χ0v) is 13.1. The molecule has 1 amide bonds. The van der Waals surface area contributed by atoms with Gasteiger partial charge < -0.3 is 14.5 Å². The Kier molecular flexibility index (Phi) is 5.04. The van der Waals surface area contributed by atoms with Crippen LogP contribution in [0, 0.1) is 5.92 Å². The van der Waals surface area contributed by atoms with Crippen LogP contribution < -0.4 is 0 Å². The smallest absolute Gasteiger partial charge is 0.237 e. The molecule has 1 atom stereocenters. The van der Waals surface area contributed by atoms with Gasteiger partial charge in [0, 0.05) is 32.4 Å². The molecule has 0 radical (unpaired) electrons. The zero-order valence-electron chi connectivity index (χ0n) is 12.2. The van der Waals surface area contributed by atoms with Crippen molar-refractivity contribution in [3.63, 3.8) is 0 Å². The van der Waals surface area contributed by atoms with Crippen molar-refractivity contribution in [3.05, 3.63) is 0 Å². The van der Waals surface area contributed by atoms with E-state index in [9.17, 15) is 13.2 Å². The first-order valence-electron chi connectivity index (χ1n) is 7.09. The maximum atomic E-state index is 11.9. The van der Waals surface area contributed by atoms with E-state index in [2.05, 4.69) is 11.9 Å². The van der Waals surface area contributed by atoms with Gasteiger partial charge in [0.25, 0.3) is 0 Å². The third-order valence-corrected chi connectivity index (χ3v) is 4.43. The number of carbonyl (C=O) groups is 1. The molecule has 0 aromatic rings. The van der Waals surface area contributed by atoms with Gasteiger partial charge in [-0.1, -0.05) is 0 Å². The summed E-state index contributed by atoms with van der Waals surface area (Å²) in [5.41, 5.74) is 0. The quantitative estimate of drug-likeness (QED) is 0.668. The molecule has 2 fully saturated rings. The number of sulfone groups is 1. The van der Waals surface area contributed by atoms with Crippen molar-refractivity contribution in [1.29, 1.82) is 0 Å². The van der Waals surface area contributed by atoms with E-state index < -0.39 is 15.6 Å². The van der Waals surface area contributed by atoms with Gasteiger partial charge in [0.2, 0.25) is 5.91 Å². The van der Waals surface area contributed by atoms with Crippen LogP contribution in [-0.4, -0.2) is 82.1 Å². The maximum Gasteiger partial charge on any atom is 0.237 e. The van der Waals surface area contributed by atoms with Crippen LogP contribution in [0.25, 0.3) is 0 Å². The first-order chi connectivity index (χ1) is 9.33. The SMILES string of the molecule is CN(CC1CC1)CC1CN(C(=O)CS(C)(=O)=O)CCO1. The minimum atomic E-state index is -3.26. The normalized spacial score (nSPS) is 24.1. The summed E-state index contributed by atoms with van der Waals surface area (Å²) >= 11 is 0. The minimum Gasteiger partial charge on any atom is -0.373 e. The second-order valence-corrected chi connectivity index (χ2v) is 8.21. The van der Waals surface area contributed by atoms with Crippen molar-refractivity contribution in [1.82, 2.24) is 9.80 Å². The van der Waals surface area contributed by atoms with Crippen LogP contribution in [0.15, 0.2) is 0 Å². The molecule has 2 aliphatic rings. The van der Waals surface area contributed by atoms with Gasteiger partial charge in [0.1, 0.15) is 5.75 Å². The van der Waals surface area contributed by atoms with E-state index in [-0.39, 0.29) is 12.0 Å². The number of nitrogens with zero attached hydrogens (tertiary/aromatic N) is 2. The van der Waals surface area contributed by atoms with Gasteiger partial charge in [-0.2, -0.15) is 0 Å². The predicted molar refractivity (Wildman–Crippen MR) is 76.3 cm³/mol. The summed E-state index contributed by atoms with van der Waals surface area (Å²) in [7, 11) is -1.19. The molecule has 1 aliphatic heterocycles. The van der Waals surface area contributed by atoms with Crippen LogP contribution in [0.3, 0.4) is 0 Å². The van der Waals surface area contributed by atoms with Crippen molar-refractivity contribution in [3.8, 4) is 0 Å². The molecule has 1 unspecified atom stereocenters. The molecule has 6 nitrogen and oxygen atoms in total. The third-order valence-electron chi connectivity index (χ3n) is 3.66. The van der Waals surface area contributed by atoms with E-state index in [1.165, 1.54) is 12.8 Å². The highest BCUT2D eigenvalue weighted by Gasteiger charge is 2.28. The van der Waals surface area contributed by atoms with E-state index in [4.69, 9.17) is 4.74 Å². The summed E-state index contributed by atoms with van der Waals surface area (Å²) in [6.07, 6.45) is 3.70. The minimum absolute atomic E-state index is 0.0176. The van der Waals surface area contributed by atoms with Crippen molar-refractivity contribution in [2.45, 2.75) is 18.9 Å². The van der Waals surface area contributed by atoms with Gasteiger partial charge in [0.15, 0.2) is 9.84 Å². The van der Waals surface area contributed by atoms with E-state index in [0.717, 1.165) is 25.3 Å². The molecule has 0 spiro atoms. The molecule has 0 bridgehead atoms. The highest BCUT2D eigenvalue weighted by molar-refractivity contribution is 7.91. The Morgan fingerprint density at radius 1 is 1.35 bits per heavy atom. The number of amides is 1. The number of hydrogen-bond donors (Lipinski definition) is 0. The lowest BCUT2D eigenvalue weighted by molar-refractivity contribution is -0.136. The monoisotopic (exact) mass is 304 g/mol. The lowest BCUT2D eigenvalue weighted by Gasteiger charge is -2.34. The number of likely N-dealkylation sites (N-methyl/N-ethyl adjacent to an activating group) is 1. The number of ether oxygens (including phenoxy) is 1.